The van der Waals surface area contributed by atoms with Gasteiger partial charge in [-0.15, -0.1) is 0 Å². The number of hydrogen-bond donors (Lipinski definition) is 1. The van der Waals surface area contributed by atoms with Crippen LogP contribution in [0.5, 0.6) is 0 Å². The third kappa shape index (κ3) is 4.15. The van der Waals surface area contributed by atoms with Crippen molar-refractivity contribution >= 4 is 5.78 Å². The van der Waals surface area contributed by atoms with Gasteiger partial charge in [0.15, 0.2) is 0 Å². The van der Waals surface area contributed by atoms with Crippen molar-refractivity contribution < 1.29 is 4.79 Å². The zero-order valence-corrected chi connectivity index (χ0v) is 6.40. The van der Waals surface area contributed by atoms with Crippen molar-refractivity contribution in [3.05, 3.63) is 0 Å². The van der Waals surface area contributed by atoms with Crippen LogP contribution in [-0.2, 0) is 4.79 Å². The minimum absolute atomic E-state index is 0.170. The predicted molar refractivity (Wildman–Crippen MR) is 38.4 cm³/mol. The van der Waals surface area contributed by atoms with Crippen LogP contribution in [0, 0.1) is 5.92 Å². The average molecular weight is 129 g/mol. The van der Waals surface area contributed by atoms with Crippen molar-refractivity contribution in [1.82, 2.24) is 5.32 Å². The maximum atomic E-state index is 10.8. The van der Waals surface area contributed by atoms with E-state index in [-0.39, 0.29) is 11.7 Å². The first kappa shape index (κ1) is 8.63. The van der Waals surface area contributed by atoms with Gasteiger partial charge in [0.05, 0.1) is 6.54 Å². The summed E-state index contributed by atoms with van der Waals surface area (Å²) < 4.78 is 0. The summed E-state index contributed by atoms with van der Waals surface area (Å²) >= 11 is 0. The molecule has 0 bridgehead atoms. The van der Waals surface area contributed by atoms with Crippen molar-refractivity contribution in [2.75, 3.05) is 13.1 Å². The number of hydrogen-bond acceptors (Lipinski definition) is 2. The molecule has 54 valence electrons. The summed E-state index contributed by atoms with van der Waals surface area (Å²) in [5, 5.41) is 2.98. The second-order valence-corrected chi connectivity index (χ2v) is 2.40. The Labute approximate surface area is 56.6 Å². The van der Waals surface area contributed by atoms with Gasteiger partial charge in [0.25, 0.3) is 0 Å². The van der Waals surface area contributed by atoms with Crippen LogP contribution >= 0.6 is 0 Å². The SMILES string of the molecule is CCNCC(=O)C(C)C. The maximum Gasteiger partial charge on any atom is 0.149 e. The zero-order chi connectivity index (χ0) is 7.28. The van der Waals surface area contributed by atoms with E-state index in [1.54, 1.807) is 0 Å². The van der Waals surface area contributed by atoms with Gasteiger partial charge in [-0.05, 0) is 6.54 Å². The lowest BCUT2D eigenvalue weighted by Gasteiger charge is -2.02. The van der Waals surface area contributed by atoms with Gasteiger partial charge in [0.1, 0.15) is 5.78 Å². The van der Waals surface area contributed by atoms with Crippen molar-refractivity contribution in [3.63, 3.8) is 0 Å². The maximum absolute atomic E-state index is 10.8. The smallest absolute Gasteiger partial charge is 0.149 e. The Morgan fingerprint density at radius 2 is 2.11 bits per heavy atom. The Morgan fingerprint density at radius 3 is 2.44 bits per heavy atom. The first-order chi connectivity index (χ1) is 4.18. The number of Topliss-reactive ketones (excluding diaryl/α,β-unsaturated/α-hetero) is 1. The van der Waals surface area contributed by atoms with Crippen LogP contribution in [0.15, 0.2) is 0 Å². The summed E-state index contributed by atoms with van der Waals surface area (Å²) in [6, 6.07) is 0. The van der Waals surface area contributed by atoms with E-state index >= 15 is 0 Å². The fourth-order valence-electron chi connectivity index (χ4n) is 0.452. The fourth-order valence-corrected chi connectivity index (χ4v) is 0.452. The first-order valence-electron chi connectivity index (χ1n) is 3.42. The Hall–Kier alpha value is -0.370. The average Bonchev–Trinajstić information content (AvgIpc) is 1.82. The monoisotopic (exact) mass is 129 g/mol. The van der Waals surface area contributed by atoms with E-state index in [1.165, 1.54) is 0 Å². The second-order valence-electron chi connectivity index (χ2n) is 2.40. The molecule has 0 amide bonds. The lowest BCUT2D eigenvalue weighted by atomic mass is 10.1. The van der Waals surface area contributed by atoms with Crippen molar-refractivity contribution in [3.8, 4) is 0 Å². The van der Waals surface area contributed by atoms with E-state index in [1.807, 2.05) is 20.8 Å². The number of rotatable bonds is 4. The third-order valence-electron chi connectivity index (χ3n) is 1.19. The predicted octanol–water partition coefficient (Wildman–Crippen LogP) is 0.821. The van der Waals surface area contributed by atoms with Crippen LogP contribution in [0.3, 0.4) is 0 Å². The number of carbonyl (C=O) groups is 1. The Morgan fingerprint density at radius 1 is 1.56 bits per heavy atom. The molecule has 0 aromatic heterocycles. The number of ketones is 1. The van der Waals surface area contributed by atoms with E-state index in [4.69, 9.17) is 0 Å². The molecule has 0 heterocycles. The summed E-state index contributed by atoms with van der Waals surface area (Å²) in [6.45, 7) is 7.22. The van der Waals surface area contributed by atoms with E-state index in [9.17, 15) is 4.79 Å². The van der Waals surface area contributed by atoms with E-state index < -0.39 is 0 Å². The van der Waals surface area contributed by atoms with Gasteiger partial charge in [0.2, 0.25) is 0 Å². The molecule has 0 aromatic carbocycles. The molecular weight excluding hydrogens is 114 g/mol. The van der Waals surface area contributed by atoms with Gasteiger partial charge < -0.3 is 5.32 Å². The van der Waals surface area contributed by atoms with Crippen LogP contribution in [0.25, 0.3) is 0 Å². The first-order valence-corrected chi connectivity index (χ1v) is 3.42. The number of nitrogens with one attached hydrogen (secondary N) is 1. The summed E-state index contributed by atoms with van der Waals surface area (Å²) in [5.74, 6) is 0.459. The molecule has 0 atom stereocenters. The topological polar surface area (TPSA) is 29.1 Å². The third-order valence-corrected chi connectivity index (χ3v) is 1.19. The molecule has 0 aliphatic carbocycles. The van der Waals surface area contributed by atoms with Crippen molar-refractivity contribution in [2.24, 2.45) is 5.92 Å². The minimum Gasteiger partial charge on any atom is -0.310 e. The molecule has 9 heavy (non-hydrogen) atoms. The van der Waals surface area contributed by atoms with Crippen molar-refractivity contribution in [1.29, 1.82) is 0 Å². The molecule has 0 saturated heterocycles. The summed E-state index contributed by atoms with van der Waals surface area (Å²) in [7, 11) is 0. The number of likely N-dealkylation sites (N-methyl/N-ethyl adjacent to an activating group) is 1. The van der Waals surface area contributed by atoms with Crippen LogP contribution in [-0.4, -0.2) is 18.9 Å². The highest BCUT2D eigenvalue weighted by atomic mass is 16.1. The van der Waals surface area contributed by atoms with Gasteiger partial charge >= 0.3 is 0 Å². The van der Waals surface area contributed by atoms with Crippen LogP contribution in [0.1, 0.15) is 20.8 Å². The largest absolute Gasteiger partial charge is 0.310 e. The molecule has 0 saturated carbocycles. The summed E-state index contributed by atoms with van der Waals surface area (Å²) in [4.78, 5) is 10.8. The molecule has 0 aliphatic rings. The summed E-state index contributed by atoms with van der Waals surface area (Å²) in [5.41, 5.74) is 0. The highest BCUT2D eigenvalue weighted by molar-refractivity contribution is 5.82. The molecule has 0 aromatic rings. The van der Waals surface area contributed by atoms with Gasteiger partial charge in [0, 0.05) is 5.92 Å². The highest BCUT2D eigenvalue weighted by Gasteiger charge is 2.03. The van der Waals surface area contributed by atoms with E-state index in [2.05, 4.69) is 5.32 Å². The van der Waals surface area contributed by atoms with E-state index in [0.717, 1.165) is 6.54 Å². The lowest BCUT2D eigenvalue weighted by Crippen LogP contribution is -2.25. The van der Waals surface area contributed by atoms with E-state index in [0.29, 0.717) is 6.54 Å². The minimum atomic E-state index is 0.170. The van der Waals surface area contributed by atoms with Gasteiger partial charge in [-0.2, -0.15) is 0 Å². The number of carbonyl (C=O) groups excluding carboxylic acids is 1. The molecule has 1 N–H and O–H groups in total. The molecule has 0 rings (SSSR count). The van der Waals surface area contributed by atoms with Crippen molar-refractivity contribution in [2.45, 2.75) is 20.8 Å². The van der Waals surface area contributed by atoms with Crippen LogP contribution in [0.2, 0.25) is 0 Å². The molecule has 0 spiro atoms. The molecule has 0 fully saturated rings. The lowest BCUT2D eigenvalue weighted by molar-refractivity contribution is -0.121. The Bertz CT molecular complexity index is 88.9. The molecule has 0 aliphatic heterocycles. The second kappa shape index (κ2) is 4.50. The molecular formula is C7H15NO. The molecule has 0 radical (unpaired) electrons. The Kier molecular flexibility index (Phi) is 4.32. The highest BCUT2D eigenvalue weighted by Crippen LogP contribution is 1.91. The molecule has 2 nitrogen and oxygen atoms in total. The van der Waals surface area contributed by atoms with Gasteiger partial charge in [-0.1, -0.05) is 20.8 Å². The quantitative estimate of drug-likeness (QED) is 0.609. The molecule has 2 heteroatoms. The van der Waals surface area contributed by atoms with Crippen LogP contribution in [0.4, 0.5) is 0 Å². The standard InChI is InChI=1S/C7H15NO/c1-4-8-5-7(9)6(2)3/h6,8H,4-5H2,1-3H3. The van der Waals surface area contributed by atoms with Gasteiger partial charge in [-0.3, -0.25) is 4.79 Å². The molecule has 0 unspecified atom stereocenters. The fraction of sp³-hybridized carbons (Fsp3) is 0.857. The Balaban J connectivity index is 3.28. The zero-order valence-electron chi connectivity index (χ0n) is 6.40. The van der Waals surface area contributed by atoms with Crippen LogP contribution < -0.4 is 5.32 Å². The normalized spacial score (nSPS) is 10.2. The summed E-state index contributed by atoms with van der Waals surface area (Å²) in [6.07, 6.45) is 0. The van der Waals surface area contributed by atoms with Gasteiger partial charge in [-0.25, -0.2) is 0 Å².